The van der Waals surface area contributed by atoms with Crippen molar-refractivity contribution in [1.29, 1.82) is 0 Å². The van der Waals surface area contributed by atoms with Crippen molar-refractivity contribution in [3.63, 3.8) is 0 Å². The molecule has 21 heavy (non-hydrogen) atoms. The van der Waals surface area contributed by atoms with Gasteiger partial charge < -0.3 is 14.6 Å². The second-order valence-electron chi connectivity index (χ2n) is 5.55. The highest BCUT2D eigenvalue weighted by molar-refractivity contribution is 6.30. The van der Waals surface area contributed by atoms with E-state index in [1.54, 1.807) is 7.11 Å². The molecular weight excluding hydrogens is 286 g/mol. The predicted molar refractivity (Wildman–Crippen MR) is 83.5 cm³/mol. The maximum Gasteiger partial charge on any atom is 0.125 e. The van der Waals surface area contributed by atoms with Crippen LogP contribution in [0.25, 0.3) is 0 Å². The van der Waals surface area contributed by atoms with E-state index in [1.807, 2.05) is 37.6 Å². The van der Waals surface area contributed by atoms with Crippen LogP contribution < -0.4 is 10.1 Å². The van der Waals surface area contributed by atoms with Gasteiger partial charge in [0.15, 0.2) is 0 Å². The Labute approximate surface area is 130 Å². The minimum absolute atomic E-state index is 0.286. The molecule has 1 aromatic heterocycles. The maximum atomic E-state index is 6.09. The van der Waals surface area contributed by atoms with E-state index in [4.69, 9.17) is 16.3 Å². The fraction of sp³-hybridized carbons (Fsp3) is 0.438. The van der Waals surface area contributed by atoms with Crippen LogP contribution in [0.1, 0.15) is 30.3 Å². The lowest BCUT2D eigenvalue weighted by Gasteiger charge is -2.19. The van der Waals surface area contributed by atoms with Gasteiger partial charge in [-0.1, -0.05) is 11.6 Å². The molecule has 4 nitrogen and oxygen atoms in total. The summed E-state index contributed by atoms with van der Waals surface area (Å²) < 4.78 is 7.49. The Morgan fingerprint density at radius 3 is 2.90 bits per heavy atom. The summed E-state index contributed by atoms with van der Waals surface area (Å²) in [5.74, 6) is 2.64. The summed E-state index contributed by atoms with van der Waals surface area (Å²) in [7, 11) is 3.73. The van der Waals surface area contributed by atoms with Crippen LogP contribution in [0.5, 0.6) is 5.75 Å². The van der Waals surface area contributed by atoms with E-state index >= 15 is 0 Å². The molecule has 1 saturated carbocycles. The van der Waals surface area contributed by atoms with Crippen LogP contribution in [-0.4, -0.2) is 16.7 Å². The fourth-order valence-corrected chi connectivity index (χ4v) is 2.88. The number of halogens is 1. The molecule has 5 heteroatoms. The maximum absolute atomic E-state index is 6.09. The van der Waals surface area contributed by atoms with Crippen LogP contribution >= 0.6 is 11.6 Å². The first-order valence-electron chi connectivity index (χ1n) is 7.22. The van der Waals surface area contributed by atoms with Crippen LogP contribution in [0.15, 0.2) is 30.6 Å². The predicted octanol–water partition coefficient (Wildman–Crippen LogP) is 3.32. The fourth-order valence-electron chi connectivity index (χ4n) is 2.68. The average molecular weight is 306 g/mol. The zero-order chi connectivity index (χ0) is 14.8. The molecule has 112 valence electrons. The standard InChI is InChI=1S/C16H20ClN3O/c1-20-8-7-18-16(20)15(11-3-4-11)19-10-12-9-13(17)5-6-14(12)21-2/h5-9,11,15,19H,3-4,10H2,1-2H3/t15-/m0/s1. The van der Waals surface area contributed by atoms with Crippen molar-refractivity contribution in [2.45, 2.75) is 25.4 Å². The number of methoxy groups -OCH3 is 1. The monoisotopic (exact) mass is 305 g/mol. The Balaban J connectivity index is 1.76. The van der Waals surface area contributed by atoms with Gasteiger partial charge in [0.05, 0.1) is 13.2 Å². The van der Waals surface area contributed by atoms with Crippen LogP contribution in [-0.2, 0) is 13.6 Å². The van der Waals surface area contributed by atoms with Crippen molar-refractivity contribution in [3.8, 4) is 5.75 Å². The Kier molecular flexibility index (Phi) is 4.17. The molecule has 0 aliphatic heterocycles. The quantitative estimate of drug-likeness (QED) is 0.890. The van der Waals surface area contributed by atoms with Gasteiger partial charge in [-0.25, -0.2) is 4.98 Å². The summed E-state index contributed by atoms with van der Waals surface area (Å²) in [5.41, 5.74) is 1.07. The third-order valence-electron chi connectivity index (χ3n) is 3.98. The molecule has 2 aromatic rings. The Morgan fingerprint density at radius 1 is 1.48 bits per heavy atom. The number of imidazole rings is 1. The molecule has 3 rings (SSSR count). The number of ether oxygens (including phenoxy) is 1. The summed E-state index contributed by atoms with van der Waals surface area (Å²) in [4.78, 5) is 4.49. The first-order chi connectivity index (χ1) is 10.2. The molecule has 0 spiro atoms. The number of aryl methyl sites for hydroxylation is 1. The second kappa shape index (κ2) is 6.08. The van der Waals surface area contributed by atoms with E-state index in [1.165, 1.54) is 12.8 Å². The molecular formula is C16H20ClN3O. The Bertz CT molecular complexity index is 622. The number of rotatable bonds is 6. The smallest absolute Gasteiger partial charge is 0.125 e. The van der Waals surface area contributed by atoms with Gasteiger partial charge in [0, 0.05) is 36.6 Å². The molecule has 1 aliphatic carbocycles. The van der Waals surface area contributed by atoms with Crippen LogP contribution in [0.3, 0.4) is 0 Å². The third kappa shape index (κ3) is 3.22. The van der Waals surface area contributed by atoms with Crippen molar-refractivity contribution in [2.24, 2.45) is 13.0 Å². The first kappa shape index (κ1) is 14.4. The van der Waals surface area contributed by atoms with Gasteiger partial charge in [-0.2, -0.15) is 0 Å². The minimum Gasteiger partial charge on any atom is -0.496 e. The van der Waals surface area contributed by atoms with Crippen LogP contribution in [0, 0.1) is 5.92 Å². The van der Waals surface area contributed by atoms with E-state index in [0.29, 0.717) is 5.92 Å². The van der Waals surface area contributed by atoms with Crippen molar-refractivity contribution in [1.82, 2.24) is 14.9 Å². The van der Waals surface area contributed by atoms with Crippen molar-refractivity contribution < 1.29 is 4.74 Å². The number of hydrogen-bond acceptors (Lipinski definition) is 3. The molecule has 0 amide bonds. The van der Waals surface area contributed by atoms with Gasteiger partial charge in [-0.15, -0.1) is 0 Å². The number of benzene rings is 1. The van der Waals surface area contributed by atoms with Crippen molar-refractivity contribution in [2.75, 3.05) is 7.11 Å². The third-order valence-corrected chi connectivity index (χ3v) is 4.22. The van der Waals surface area contributed by atoms with Gasteiger partial charge in [0.1, 0.15) is 11.6 Å². The van der Waals surface area contributed by atoms with E-state index in [9.17, 15) is 0 Å². The summed E-state index contributed by atoms with van der Waals surface area (Å²) in [5, 5.41) is 4.35. The summed E-state index contributed by atoms with van der Waals surface area (Å²) >= 11 is 6.09. The van der Waals surface area contributed by atoms with Crippen LogP contribution in [0.2, 0.25) is 5.02 Å². The van der Waals surface area contributed by atoms with E-state index in [-0.39, 0.29) is 6.04 Å². The largest absolute Gasteiger partial charge is 0.496 e. The number of nitrogens with one attached hydrogen (secondary N) is 1. The topological polar surface area (TPSA) is 39.1 Å². The zero-order valence-corrected chi connectivity index (χ0v) is 13.1. The number of hydrogen-bond donors (Lipinski definition) is 1. The lowest BCUT2D eigenvalue weighted by molar-refractivity contribution is 0.399. The van der Waals surface area contributed by atoms with Gasteiger partial charge in [0.2, 0.25) is 0 Å². The Hall–Kier alpha value is -1.52. The summed E-state index contributed by atoms with van der Waals surface area (Å²) in [6.07, 6.45) is 6.37. The van der Waals surface area contributed by atoms with Crippen molar-refractivity contribution in [3.05, 3.63) is 47.0 Å². The minimum atomic E-state index is 0.286. The molecule has 0 unspecified atom stereocenters. The molecule has 0 radical (unpaired) electrons. The van der Waals surface area contributed by atoms with E-state index < -0.39 is 0 Å². The van der Waals surface area contributed by atoms with Gasteiger partial charge in [-0.05, 0) is 37.0 Å². The molecule has 1 heterocycles. The molecule has 0 bridgehead atoms. The second-order valence-corrected chi connectivity index (χ2v) is 5.98. The molecule has 1 atom stereocenters. The highest BCUT2D eigenvalue weighted by Crippen LogP contribution is 2.40. The Morgan fingerprint density at radius 2 is 2.29 bits per heavy atom. The molecule has 0 saturated heterocycles. The van der Waals surface area contributed by atoms with Crippen LogP contribution in [0.4, 0.5) is 0 Å². The average Bonchev–Trinajstić information content (AvgIpc) is 3.22. The zero-order valence-electron chi connectivity index (χ0n) is 12.3. The van der Waals surface area contributed by atoms with Gasteiger partial charge in [0.25, 0.3) is 0 Å². The van der Waals surface area contributed by atoms with Gasteiger partial charge >= 0.3 is 0 Å². The SMILES string of the molecule is COc1ccc(Cl)cc1CN[C@H](c1nccn1C)C1CC1. The molecule has 1 aromatic carbocycles. The lowest BCUT2D eigenvalue weighted by Crippen LogP contribution is -2.25. The van der Waals surface area contributed by atoms with E-state index in [0.717, 1.165) is 28.7 Å². The number of nitrogens with zero attached hydrogens (tertiary/aromatic N) is 2. The number of aromatic nitrogens is 2. The summed E-state index contributed by atoms with van der Waals surface area (Å²) in [6, 6.07) is 6.00. The lowest BCUT2D eigenvalue weighted by atomic mass is 10.1. The normalized spacial score (nSPS) is 16.0. The molecule has 1 fully saturated rings. The van der Waals surface area contributed by atoms with E-state index in [2.05, 4.69) is 14.9 Å². The highest BCUT2D eigenvalue weighted by atomic mass is 35.5. The molecule has 1 N–H and O–H groups in total. The highest BCUT2D eigenvalue weighted by Gasteiger charge is 2.34. The van der Waals surface area contributed by atoms with Gasteiger partial charge in [-0.3, -0.25) is 0 Å². The summed E-state index contributed by atoms with van der Waals surface area (Å²) in [6.45, 7) is 0.720. The first-order valence-corrected chi connectivity index (χ1v) is 7.60. The molecule has 1 aliphatic rings. The van der Waals surface area contributed by atoms with Crippen molar-refractivity contribution >= 4 is 11.6 Å².